The Kier molecular flexibility index (Phi) is 5.11. The van der Waals surface area contributed by atoms with Crippen LogP contribution in [0.1, 0.15) is 30.6 Å². The van der Waals surface area contributed by atoms with Crippen LogP contribution in [0.3, 0.4) is 0 Å². The summed E-state index contributed by atoms with van der Waals surface area (Å²) in [6.07, 6.45) is -1.01. The van der Waals surface area contributed by atoms with E-state index in [0.717, 1.165) is 5.56 Å². The second-order valence-corrected chi connectivity index (χ2v) is 5.92. The van der Waals surface area contributed by atoms with Crippen LogP contribution in [0.25, 0.3) is 0 Å². The third-order valence-corrected chi connectivity index (χ3v) is 4.04. The smallest absolute Gasteiger partial charge is 0.265 e. The van der Waals surface area contributed by atoms with Crippen LogP contribution < -0.4 is 15.4 Å². The number of carbonyl (C=O) groups is 1. The van der Waals surface area contributed by atoms with Crippen LogP contribution in [0.4, 0.5) is 10.1 Å². The first kappa shape index (κ1) is 16.5. The number of fused-ring (bicyclic) bond motifs is 1. The summed E-state index contributed by atoms with van der Waals surface area (Å²) in [6.45, 7) is 2.90. The Morgan fingerprint density at radius 2 is 2.04 bits per heavy atom. The maximum atomic E-state index is 14.1. The molecule has 0 radical (unpaired) electrons. The topological polar surface area (TPSA) is 50.4 Å². The molecule has 0 aromatic heterocycles. The third-order valence-electron chi connectivity index (χ3n) is 4.04. The number of carbonyl (C=O) groups excluding carboxylic acids is 1. The zero-order valence-electron chi connectivity index (χ0n) is 13.6. The van der Waals surface area contributed by atoms with Gasteiger partial charge in [0.15, 0.2) is 6.10 Å². The van der Waals surface area contributed by atoms with Crippen molar-refractivity contribution in [2.45, 2.75) is 32.2 Å². The molecule has 0 aliphatic carbocycles. The standard InChI is InChI=1S/C19H21FN2O2/c1-13-19(23)22-17-11-14(7-8-18(17)24-13)12-21-10-9-16(20)15-5-3-2-4-6-15/h2-8,11,13,16,21H,9-10,12H2,1H3,(H,22,23)/t13-,16?/m1/s1. The van der Waals surface area contributed by atoms with E-state index in [-0.39, 0.29) is 5.91 Å². The Morgan fingerprint density at radius 1 is 1.25 bits per heavy atom. The molecule has 24 heavy (non-hydrogen) atoms. The van der Waals surface area contributed by atoms with Gasteiger partial charge in [-0.1, -0.05) is 36.4 Å². The van der Waals surface area contributed by atoms with Gasteiger partial charge in [-0.3, -0.25) is 4.79 Å². The van der Waals surface area contributed by atoms with E-state index in [1.54, 1.807) is 19.1 Å². The van der Waals surface area contributed by atoms with E-state index in [4.69, 9.17) is 4.74 Å². The molecule has 1 aliphatic heterocycles. The SMILES string of the molecule is C[C@H]1Oc2ccc(CNCCC(F)c3ccccc3)cc2NC1=O. The third kappa shape index (κ3) is 3.92. The normalized spacial score (nSPS) is 17.6. The first-order valence-corrected chi connectivity index (χ1v) is 8.13. The molecule has 1 amide bonds. The lowest BCUT2D eigenvalue weighted by Crippen LogP contribution is -2.34. The number of nitrogens with one attached hydrogen (secondary N) is 2. The molecule has 0 fully saturated rings. The highest BCUT2D eigenvalue weighted by molar-refractivity contribution is 5.97. The quantitative estimate of drug-likeness (QED) is 0.797. The van der Waals surface area contributed by atoms with Crippen molar-refractivity contribution >= 4 is 11.6 Å². The molecule has 0 bridgehead atoms. The summed E-state index contributed by atoms with van der Waals surface area (Å²) < 4.78 is 19.6. The molecule has 126 valence electrons. The van der Waals surface area contributed by atoms with Crippen LogP contribution in [0.15, 0.2) is 48.5 Å². The van der Waals surface area contributed by atoms with Crippen molar-refractivity contribution in [2.24, 2.45) is 0 Å². The molecule has 2 atom stereocenters. The molecule has 2 N–H and O–H groups in total. The fourth-order valence-electron chi connectivity index (χ4n) is 2.66. The van der Waals surface area contributed by atoms with Gasteiger partial charge in [-0.15, -0.1) is 0 Å². The van der Waals surface area contributed by atoms with Gasteiger partial charge in [0.1, 0.15) is 11.9 Å². The van der Waals surface area contributed by atoms with Gasteiger partial charge < -0.3 is 15.4 Å². The summed E-state index contributed by atoms with van der Waals surface area (Å²) in [6, 6.07) is 14.9. The van der Waals surface area contributed by atoms with Crippen molar-refractivity contribution in [3.05, 3.63) is 59.7 Å². The van der Waals surface area contributed by atoms with Crippen LogP contribution in [0.2, 0.25) is 0 Å². The van der Waals surface area contributed by atoms with Crippen molar-refractivity contribution < 1.29 is 13.9 Å². The monoisotopic (exact) mass is 328 g/mol. The van der Waals surface area contributed by atoms with E-state index in [2.05, 4.69) is 10.6 Å². The second kappa shape index (κ2) is 7.45. The van der Waals surface area contributed by atoms with Crippen LogP contribution in [0.5, 0.6) is 5.75 Å². The minimum Gasteiger partial charge on any atom is -0.479 e. The molecule has 2 aromatic carbocycles. The molecule has 1 unspecified atom stereocenters. The summed E-state index contributed by atoms with van der Waals surface area (Å²) in [5, 5.41) is 6.06. The fourth-order valence-corrected chi connectivity index (χ4v) is 2.66. The summed E-state index contributed by atoms with van der Waals surface area (Å²) in [5.74, 6) is 0.537. The van der Waals surface area contributed by atoms with E-state index in [1.165, 1.54) is 0 Å². The van der Waals surface area contributed by atoms with Crippen molar-refractivity contribution in [1.82, 2.24) is 5.32 Å². The van der Waals surface area contributed by atoms with Crippen LogP contribution in [-0.2, 0) is 11.3 Å². The average Bonchev–Trinajstić information content (AvgIpc) is 2.60. The van der Waals surface area contributed by atoms with E-state index < -0.39 is 12.3 Å². The van der Waals surface area contributed by atoms with E-state index in [9.17, 15) is 9.18 Å². The number of anilines is 1. The lowest BCUT2D eigenvalue weighted by molar-refractivity contribution is -0.122. The van der Waals surface area contributed by atoms with Crippen LogP contribution in [-0.4, -0.2) is 18.6 Å². The summed E-state index contributed by atoms with van der Waals surface area (Å²) >= 11 is 0. The molecule has 1 aliphatic rings. The van der Waals surface area contributed by atoms with Gasteiger partial charge in [0.05, 0.1) is 5.69 Å². The summed E-state index contributed by atoms with van der Waals surface area (Å²) in [5.41, 5.74) is 2.41. The number of hydrogen-bond donors (Lipinski definition) is 2. The fraction of sp³-hybridized carbons (Fsp3) is 0.316. The first-order valence-electron chi connectivity index (χ1n) is 8.13. The van der Waals surface area contributed by atoms with Crippen molar-refractivity contribution in [3.63, 3.8) is 0 Å². The summed E-state index contributed by atoms with van der Waals surface area (Å²) in [4.78, 5) is 11.6. The van der Waals surface area contributed by atoms with Gasteiger partial charge in [0.2, 0.25) is 0 Å². The van der Waals surface area contributed by atoms with E-state index in [0.29, 0.717) is 36.5 Å². The molecular formula is C19H21FN2O2. The van der Waals surface area contributed by atoms with E-state index >= 15 is 0 Å². The predicted molar refractivity (Wildman–Crippen MR) is 91.8 cm³/mol. The van der Waals surface area contributed by atoms with Gasteiger partial charge in [-0.25, -0.2) is 4.39 Å². The Morgan fingerprint density at radius 3 is 2.83 bits per heavy atom. The molecule has 0 saturated carbocycles. The van der Waals surface area contributed by atoms with Crippen LogP contribution in [0, 0.1) is 0 Å². The first-order chi connectivity index (χ1) is 11.6. The Labute approximate surface area is 141 Å². The number of ether oxygens (including phenoxy) is 1. The minimum absolute atomic E-state index is 0.143. The highest BCUT2D eigenvalue weighted by Gasteiger charge is 2.23. The summed E-state index contributed by atoms with van der Waals surface area (Å²) in [7, 11) is 0. The van der Waals surface area contributed by atoms with Crippen LogP contribution >= 0.6 is 0 Å². The molecular weight excluding hydrogens is 307 g/mol. The Bertz CT molecular complexity index is 706. The highest BCUT2D eigenvalue weighted by atomic mass is 19.1. The maximum absolute atomic E-state index is 14.1. The number of benzene rings is 2. The zero-order valence-corrected chi connectivity index (χ0v) is 13.6. The number of halogens is 1. The molecule has 2 aromatic rings. The van der Waals surface area contributed by atoms with Gasteiger partial charge in [-0.05, 0) is 43.1 Å². The lowest BCUT2D eigenvalue weighted by Gasteiger charge is -2.23. The lowest BCUT2D eigenvalue weighted by atomic mass is 10.1. The van der Waals surface area contributed by atoms with Gasteiger partial charge in [-0.2, -0.15) is 0 Å². The number of rotatable bonds is 6. The Balaban J connectivity index is 1.49. The minimum atomic E-state index is -0.962. The highest BCUT2D eigenvalue weighted by Crippen LogP contribution is 2.30. The largest absolute Gasteiger partial charge is 0.479 e. The van der Waals surface area contributed by atoms with Crippen molar-refractivity contribution in [3.8, 4) is 5.75 Å². The molecule has 3 rings (SSSR count). The van der Waals surface area contributed by atoms with E-state index in [1.807, 2.05) is 36.4 Å². The molecule has 0 saturated heterocycles. The van der Waals surface area contributed by atoms with Gasteiger partial charge in [0.25, 0.3) is 5.91 Å². The van der Waals surface area contributed by atoms with Gasteiger partial charge >= 0.3 is 0 Å². The van der Waals surface area contributed by atoms with Gasteiger partial charge in [0, 0.05) is 6.54 Å². The molecule has 5 heteroatoms. The number of hydrogen-bond acceptors (Lipinski definition) is 3. The maximum Gasteiger partial charge on any atom is 0.265 e. The molecule has 4 nitrogen and oxygen atoms in total. The average molecular weight is 328 g/mol. The molecule has 0 spiro atoms. The molecule has 1 heterocycles. The van der Waals surface area contributed by atoms with Crippen molar-refractivity contribution in [1.29, 1.82) is 0 Å². The number of amides is 1. The zero-order chi connectivity index (χ0) is 16.9. The predicted octanol–water partition coefficient (Wildman–Crippen LogP) is 3.60. The Hall–Kier alpha value is -2.40. The van der Waals surface area contributed by atoms with Crippen molar-refractivity contribution in [2.75, 3.05) is 11.9 Å². The second-order valence-electron chi connectivity index (χ2n) is 5.92. The number of alkyl halides is 1.